The Morgan fingerprint density at radius 2 is 1.81 bits per heavy atom. The first kappa shape index (κ1) is 25.6. The lowest BCUT2D eigenvalue weighted by Gasteiger charge is -2.23. The SMILES string of the molecule is CCC(Nc1nc(N)nc(C)c1C=CC(=O)N(C)C)c1nc2cccc(C)c2c(=O)n1-c1ccccc1. The van der Waals surface area contributed by atoms with E-state index in [4.69, 9.17) is 10.7 Å². The van der Waals surface area contributed by atoms with E-state index in [1.54, 1.807) is 31.7 Å². The van der Waals surface area contributed by atoms with E-state index in [0.717, 1.165) is 11.3 Å². The number of carbonyl (C=O) groups is 1. The van der Waals surface area contributed by atoms with E-state index < -0.39 is 6.04 Å². The van der Waals surface area contributed by atoms with Crippen LogP contribution >= 0.6 is 0 Å². The van der Waals surface area contributed by atoms with Crippen LogP contribution in [0.3, 0.4) is 0 Å². The number of benzene rings is 2. The van der Waals surface area contributed by atoms with Gasteiger partial charge in [0.05, 0.1) is 28.3 Å². The van der Waals surface area contributed by atoms with Gasteiger partial charge < -0.3 is 16.0 Å². The van der Waals surface area contributed by atoms with Gasteiger partial charge in [-0.3, -0.25) is 14.2 Å². The van der Waals surface area contributed by atoms with Crippen LogP contribution in [-0.4, -0.2) is 44.4 Å². The van der Waals surface area contributed by atoms with Crippen LogP contribution in [0.2, 0.25) is 0 Å². The molecule has 0 saturated carbocycles. The number of hydrogen-bond donors (Lipinski definition) is 2. The van der Waals surface area contributed by atoms with Gasteiger partial charge in [-0.1, -0.05) is 37.3 Å². The fourth-order valence-corrected chi connectivity index (χ4v) is 4.20. The zero-order valence-electron chi connectivity index (χ0n) is 21.7. The number of anilines is 2. The van der Waals surface area contributed by atoms with Gasteiger partial charge in [-0.25, -0.2) is 9.97 Å². The number of para-hydroxylation sites is 1. The molecular formula is C28H31N7O2. The molecule has 190 valence electrons. The third-order valence-corrected chi connectivity index (χ3v) is 6.16. The topological polar surface area (TPSA) is 119 Å². The summed E-state index contributed by atoms with van der Waals surface area (Å²) < 4.78 is 1.65. The molecule has 0 fully saturated rings. The number of carbonyl (C=O) groups excluding carboxylic acids is 1. The predicted octanol–water partition coefficient (Wildman–Crippen LogP) is 4.04. The fraction of sp³-hybridized carbons (Fsp3) is 0.250. The van der Waals surface area contributed by atoms with Gasteiger partial charge >= 0.3 is 0 Å². The Balaban J connectivity index is 1.90. The van der Waals surface area contributed by atoms with Crippen molar-refractivity contribution in [3.05, 3.63) is 87.6 Å². The molecule has 0 spiro atoms. The lowest BCUT2D eigenvalue weighted by atomic mass is 10.1. The van der Waals surface area contributed by atoms with Gasteiger partial charge in [0.1, 0.15) is 11.6 Å². The standard InChI is InChI=1S/C28H31N7O2/c1-6-21(31-25-20(15-16-23(36)34(4)5)18(3)30-28(29)33-25)26-32-22-14-10-11-17(2)24(22)27(37)35(26)19-12-8-7-9-13-19/h7-16,21H,6H2,1-5H3,(H3,29,30,31,33). The second-order valence-electron chi connectivity index (χ2n) is 9.02. The Labute approximate surface area is 215 Å². The van der Waals surface area contributed by atoms with Gasteiger partial charge in [-0.2, -0.15) is 4.98 Å². The number of rotatable bonds is 7. The average Bonchev–Trinajstić information content (AvgIpc) is 2.86. The number of aromatic nitrogens is 4. The molecule has 1 unspecified atom stereocenters. The number of nitrogens with zero attached hydrogens (tertiary/aromatic N) is 5. The molecule has 0 saturated heterocycles. The molecular weight excluding hydrogens is 466 g/mol. The highest BCUT2D eigenvalue weighted by atomic mass is 16.2. The maximum absolute atomic E-state index is 13.9. The van der Waals surface area contributed by atoms with Gasteiger partial charge in [-0.05, 0) is 50.1 Å². The first-order chi connectivity index (χ1) is 17.7. The van der Waals surface area contributed by atoms with Crippen LogP contribution in [0.1, 0.15) is 42.0 Å². The maximum Gasteiger partial charge on any atom is 0.266 e. The Bertz CT molecular complexity index is 1540. The summed E-state index contributed by atoms with van der Waals surface area (Å²) in [5.74, 6) is 0.941. The molecule has 4 aromatic rings. The summed E-state index contributed by atoms with van der Waals surface area (Å²) in [5, 5.41) is 4.02. The number of nitrogens with one attached hydrogen (secondary N) is 1. The molecule has 1 amide bonds. The van der Waals surface area contributed by atoms with Crippen molar-refractivity contribution >= 4 is 34.7 Å². The highest BCUT2D eigenvalue weighted by Gasteiger charge is 2.22. The number of hydrogen-bond acceptors (Lipinski definition) is 7. The zero-order valence-corrected chi connectivity index (χ0v) is 21.7. The summed E-state index contributed by atoms with van der Waals surface area (Å²) in [7, 11) is 3.36. The van der Waals surface area contributed by atoms with E-state index in [0.29, 0.717) is 40.2 Å². The zero-order chi connectivity index (χ0) is 26.7. The van der Waals surface area contributed by atoms with E-state index in [1.807, 2.05) is 62.4 Å². The van der Waals surface area contributed by atoms with Crippen molar-refractivity contribution in [2.45, 2.75) is 33.2 Å². The summed E-state index contributed by atoms with van der Waals surface area (Å²) in [6.45, 7) is 5.72. The predicted molar refractivity (Wildman–Crippen MR) is 148 cm³/mol. The summed E-state index contributed by atoms with van der Waals surface area (Å²) in [5.41, 5.74) is 9.32. The summed E-state index contributed by atoms with van der Waals surface area (Å²) >= 11 is 0. The number of aryl methyl sites for hydroxylation is 2. The molecule has 2 aromatic carbocycles. The van der Waals surface area contributed by atoms with Crippen LogP contribution < -0.4 is 16.6 Å². The van der Waals surface area contributed by atoms with E-state index in [1.165, 1.54) is 11.0 Å². The Morgan fingerprint density at radius 1 is 1.08 bits per heavy atom. The fourth-order valence-electron chi connectivity index (χ4n) is 4.20. The number of nitrogens with two attached hydrogens (primary N) is 1. The second-order valence-corrected chi connectivity index (χ2v) is 9.02. The van der Waals surface area contributed by atoms with Gasteiger partial charge in [0.25, 0.3) is 5.56 Å². The van der Waals surface area contributed by atoms with Crippen molar-refractivity contribution in [3.8, 4) is 5.69 Å². The van der Waals surface area contributed by atoms with Gasteiger partial charge in [0.15, 0.2) is 0 Å². The molecule has 0 bridgehead atoms. The second kappa shape index (κ2) is 10.6. The van der Waals surface area contributed by atoms with Gasteiger partial charge in [0.2, 0.25) is 11.9 Å². The quantitative estimate of drug-likeness (QED) is 0.370. The highest BCUT2D eigenvalue weighted by Crippen LogP contribution is 2.28. The van der Waals surface area contributed by atoms with Crippen LogP contribution in [-0.2, 0) is 4.79 Å². The van der Waals surface area contributed by atoms with Crippen molar-refractivity contribution in [3.63, 3.8) is 0 Å². The lowest BCUT2D eigenvalue weighted by Crippen LogP contribution is -2.29. The van der Waals surface area contributed by atoms with Crippen LogP contribution in [0.5, 0.6) is 0 Å². The third-order valence-electron chi connectivity index (χ3n) is 6.16. The smallest absolute Gasteiger partial charge is 0.266 e. The first-order valence-corrected chi connectivity index (χ1v) is 12.1. The van der Waals surface area contributed by atoms with Crippen LogP contribution in [0.25, 0.3) is 22.7 Å². The van der Waals surface area contributed by atoms with Crippen molar-refractivity contribution in [2.75, 3.05) is 25.1 Å². The molecule has 9 nitrogen and oxygen atoms in total. The molecule has 37 heavy (non-hydrogen) atoms. The van der Waals surface area contributed by atoms with Crippen molar-refractivity contribution in [1.82, 2.24) is 24.4 Å². The van der Waals surface area contributed by atoms with Crippen LogP contribution in [0.15, 0.2) is 59.4 Å². The van der Waals surface area contributed by atoms with Crippen molar-refractivity contribution in [1.29, 1.82) is 0 Å². The molecule has 1 atom stereocenters. The molecule has 0 aliphatic carbocycles. The molecule has 2 heterocycles. The van der Waals surface area contributed by atoms with E-state index in [9.17, 15) is 9.59 Å². The molecule has 0 aliphatic rings. The normalized spacial score (nSPS) is 12.1. The summed E-state index contributed by atoms with van der Waals surface area (Å²) in [6.07, 6.45) is 3.73. The number of nitrogen functional groups attached to an aromatic ring is 1. The first-order valence-electron chi connectivity index (χ1n) is 12.1. The lowest BCUT2D eigenvalue weighted by molar-refractivity contribution is -0.123. The van der Waals surface area contributed by atoms with Gasteiger partial charge in [-0.15, -0.1) is 0 Å². The minimum absolute atomic E-state index is 0.105. The molecule has 2 aromatic heterocycles. The van der Waals surface area contributed by atoms with Crippen LogP contribution in [0, 0.1) is 13.8 Å². The summed E-state index contributed by atoms with van der Waals surface area (Å²) in [6, 6.07) is 14.7. The Hall–Kier alpha value is -4.53. The van der Waals surface area contributed by atoms with Crippen LogP contribution in [0.4, 0.5) is 11.8 Å². The molecule has 0 radical (unpaired) electrons. The summed E-state index contributed by atoms with van der Waals surface area (Å²) in [4.78, 5) is 41.2. The number of fused-ring (bicyclic) bond motifs is 1. The average molecular weight is 498 g/mol. The Morgan fingerprint density at radius 3 is 2.49 bits per heavy atom. The van der Waals surface area contributed by atoms with Gasteiger partial charge in [0, 0.05) is 25.7 Å². The Kier molecular flexibility index (Phi) is 7.33. The molecule has 0 aliphatic heterocycles. The third kappa shape index (κ3) is 5.20. The minimum Gasteiger partial charge on any atom is -0.368 e. The van der Waals surface area contributed by atoms with E-state index in [-0.39, 0.29) is 17.4 Å². The van der Waals surface area contributed by atoms with E-state index in [2.05, 4.69) is 15.3 Å². The monoisotopic (exact) mass is 497 g/mol. The minimum atomic E-state index is -0.400. The number of amides is 1. The van der Waals surface area contributed by atoms with Crippen molar-refractivity contribution < 1.29 is 4.79 Å². The molecule has 3 N–H and O–H groups in total. The van der Waals surface area contributed by atoms with Crippen molar-refractivity contribution in [2.24, 2.45) is 0 Å². The maximum atomic E-state index is 13.9. The highest BCUT2D eigenvalue weighted by molar-refractivity contribution is 5.92. The van der Waals surface area contributed by atoms with E-state index >= 15 is 0 Å². The number of likely N-dealkylation sites (N-methyl/N-ethyl adjacent to an activating group) is 1. The largest absolute Gasteiger partial charge is 0.368 e. The molecule has 4 rings (SSSR count). The molecule has 9 heteroatoms.